The SMILES string of the molecule is CS(=O)N1CCN(C(=O)c2cnc3[nH]ccc3c2N2CCC(C)(C#N)CC2)CC1. The molecule has 8 nitrogen and oxygen atoms in total. The van der Waals surface area contributed by atoms with Crippen LogP contribution in [-0.4, -0.2) is 74.8 Å². The van der Waals surface area contributed by atoms with E-state index in [1.165, 1.54) is 0 Å². The molecule has 2 fully saturated rings. The molecule has 1 N–H and O–H groups in total. The summed E-state index contributed by atoms with van der Waals surface area (Å²) in [5.74, 6) is -0.0363. The molecule has 2 aromatic heterocycles. The van der Waals surface area contributed by atoms with Crippen LogP contribution in [-0.2, 0) is 11.0 Å². The maximum Gasteiger partial charge on any atom is 0.257 e. The molecule has 9 heteroatoms. The van der Waals surface area contributed by atoms with Crippen LogP contribution in [0.5, 0.6) is 0 Å². The van der Waals surface area contributed by atoms with E-state index in [0.29, 0.717) is 31.7 Å². The maximum absolute atomic E-state index is 13.4. The lowest BCUT2D eigenvalue weighted by atomic mass is 9.81. The minimum Gasteiger partial charge on any atom is -0.370 e. The van der Waals surface area contributed by atoms with Gasteiger partial charge in [0.05, 0.1) is 33.7 Å². The fourth-order valence-electron chi connectivity index (χ4n) is 4.15. The summed E-state index contributed by atoms with van der Waals surface area (Å²) in [6.07, 6.45) is 6.72. The number of piperazine rings is 1. The van der Waals surface area contributed by atoms with Crippen molar-refractivity contribution in [3.05, 3.63) is 24.0 Å². The molecule has 4 heterocycles. The summed E-state index contributed by atoms with van der Waals surface area (Å²) in [7, 11) is -1.01. The topological polar surface area (TPSA) is 96.3 Å². The van der Waals surface area contributed by atoms with Gasteiger partial charge >= 0.3 is 0 Å². The van der Waals surface area contributed by atoms with Gasteiger partial charge in [0.15, 0.2) is 0 Å². The van der Waals surface area contributed by atoms with Crippen LogP contribution in [0, 0.1) is 16.7 Å². The standard InChI is InChI=1S/C20H26N6O2S/c1-20(14-21)4-7-24(8-5-20)17-15-3-6-22-18(15)23-13-16(17)19(27)25-9-11-26(12-10-25)29(2)28/h3,6,13H,4-5,7-12H2,1-2H3,(H,22,23). The van der Waals surface area contributed by atoms with E-state index in [2.05, 4.69) is 20.9 Å². The van der Waals surface area contributed by atoms with Crippen molar-refractivity contribution < 1.29 is 9.00 Å². The van der Waals surface area contributed by atoms with Crippen LogP contribution < -0.4 is 4.90 Å². The smallest absolute Gasteiger partial charge is 0.257 e. The van der Waals surface area contributed by atoms with E-state index in [0.717, 1.165) is 42.7 Å². The van der Waals surface area contributed by atoms with Crippen molar-refractivity contribution in [2.45, 2.75) is 19.8 Å². The molecule has 2 aliphatic rings. The number of piperidine rings is 1. The molecule has 0 saturated carbocycles. The third-order valence-corrected chi connectivity index (χ3v) is 7.22. The average molecular weight is 415 g/mol. The number of anilines is 1. The molecule has 2 saturated heterocycles. The molecular weight excluding hydrogens is 388 g/mol. The van der Waals surface area contributed by atoms with Crippen LogP contribution in [0.15, 0.2) is 18.5 Å². The Kier molecular flexibility index (Phi) is 5.32. The second-order valence-corrected chi connectivity index (χ2v) is 9.43. The van der Waals surface area contributed by atoms with Gasteiger partial charge in [0.1, 0.15) is 5.65 Å². The second-order valence-electron chi connectivity index (χ2n) is 8.06. The van der Waals surface area contributed by atoms with Gasteiger partial charge in [-0.25, -0.2) is 13.5 Å². The van der Waals surface area contributed by atoms with E-state index < -0.39 is 11.0 Å². The Morgan fingerprint density at radius 3 is 2.55 bits per heavy atom. The van der Waals surface area contributed by atoms with Gasteiger partial charge < -0.3 is 14.8 Å². The lowest BCUT2D eigenvalue weighted by molar-refractivity contribution is 0.0701. The van der Waals surface area contributed by atoms with E-state index in [1.807, 2.05) is 28.4 Å². The second kappa shape index (κ2) is 7.76. The Bertz CT molecular complexity index is 981. The van der Waals surface area contributed by atoms with Gasteiger partial charge in [-0.05, 0) is 25.8 Å². The minimum absolute atomic E-state index is 0.0363. The highest BCUT2D eigenvalue weighted by atomic mass is 32.2. The monoisotopic (exact) mass is 414 g/mol. The number of hydrogen-bond donors (Lipinski definition) is 1. The number of nitrogens with zero attached hydrogens (tertiary/aromatic N) is 5. The van der Waals surface area contributed by atoms with Gasteiger partial charge in [0, 0.05) is 63.3 Å². The van der Waals surface area contributed by atoms with Crippen molar-refractivity contribution in [3.63, 3.8) is 0 Å². The molecule has 0 bridgehead atoms. The van der Waals surface area contributed by atoms with Gasteiger partial charge in [0.25, 0.3) is 5.91 Å². The third kappa shape index (κ3) is 3.74. The van der Waals surface area contributed by atoms with Gasteiger partial charge in [0.2, 0.25) is 0 Å². The first kappa shape index (κ1) is 19.9. The summed E-state index contributed by atoms with van der Waals surface area (Å²) in [5.41, 5.74) is 1.96. The zero-order valence-electron chi connectivity index (χ0n) is 16.8. The Labute approximate surface area is 173 Å². The van der Waals surface area contributed by atoms with Crippen molar-refractivity contribution in [1.29, 1.82) is 5.26 Å². The predicted octanol–water partition coefficient (Wildman–Crippen LogP) is 1.74. The molecule has 0 radical (unpaired) electrons. The highest BCUT2D eigenvalue weighted by Crippen LogP contribution is 2.37. The number of carbonyl (C=O) groups excluding carboxylic acids is 1. The molecule has 2 aromatic rings. The van der Waals surface area contributed by atoms with E-state index in [1.54, 1.807) is 12.5 Å². The largest absolute Gasteiger partial charge is 0.370 e. The van der Waals surface area contributed by atoms with Crippen molar-refractivity contribution in [1.82, 2.24) is 19.2 Å². The summed E-state index contributed by atoms with van der Waals surface area (Å²) >= 11 is 0. The van der Waals surface area contributed by atoms with Gasteiger partial charge in [-0.15, -0.1) is 0 Å². The van der Waals surface area contributed by atoms with Crippen LogP contribution in [0.2, 0.25) is 0 Å². The third-order valence-electron chi connectivity index (χ3n) is 6.13. The number of fused-ring (bicyclic) bond motifs is 1. The zero-order chi connectivity index (χ0) is 20.6. The number of pyridine rings is 1. The number of aromatic nitrogens is 2. The number of H-pyrrole nitrogens is 1. The van der Waals surface area contributed by atoms with Gasteiger partial charge in [-0.2, -0.15) is 5.26 Å². The van der Waals surface area contributed by atoms with Gasteiger partial charge in [-0.3, -0.25) is 4.79 Å². The molecule has 4 rings (SSSR count). The molecule has 1 atom stereocenters. The van der Waals surface area contributed by atoms with Crippen LogP contribution >= 0.6 is 0 Å². The Hall–Kier alpha value is -2.44. The van der Waals surface area contributed by atoms with Gasteiger partial charge in [-0.1, -0.05) is 0 Å². The molecule has 1 unspecified atom stereocenters. The summed E-state index contributed by atoms with van der Waals surface area (Å²) in [6.45, 7) is 5.79. The molecule has 0 aliphatic carbocycles. The van der Waals surface area contributed by atoms with Crippen molar-refractivity contribution in [2.24, 2.45) is 5.41 Å². The number of hydrogen-bond acceptors (Lipinski definition) is 5. The molecule has 154 valence electrons. The predicted molar refractivity (Wildman–Crippen MR) is 113 cm³/mol. The van der Waals surface area contributed by atoms with Crippen molar-refractivity contribution in [3.8, 4) is 6.07 Å². The summed E-state index contributed by atoms with van der Waals surface area (Å²) < 4.78 is 13.6. The Morgan fingerprint density at radius 1 is 1.24 bits per heavy atom. The molecule has 1 amide bonds. The minimum atomic E-state index is -1.01. The first-order chi connectivity index (χ1) is 13.9. The first-order valence-corrected chi connectivity index (χ1v) is 11.4. The molecule has 2 aliphatic heterocycles. The lowest BCUT2D eigenvalue weighted by Crippen LogP contribution is -2.49. The maximum atomic E-state index is 13.4. The normalized spacial score (nSPS) is 21.1. The number of rotatable bonds is 3. The highest BCUT2D eigenvalue weighted by Gasteiger charge is 2.33. The summed E-state index contributed by atoms with van der Waals surface area (Å²) in [4.78, 5) is 25.0. The van der Waals surface area contributed by atoms with E-state index >= 15 is 0 Å². The van der Waals surface area contributed by atoms with Crippen LogP contribution in [0.4, 0.5) is 5.69 Å². The fourth-order valence-corrected chi connectivity index (χ4v) is 4.82. The number of nitriles is 1. The number of nitrogens with one attached hydrogen (secondary N) is 1. The molecule has 0 spiro atoms. The van der Waals surface area contributed by atoms with Crippen LogP contribution in [0.1, 0.15) is 30.1 Å². The number of carbonyl (C=O) groups is 1. The Balaban J connectivity index is 1.63. The van der Waals surface area contributed by atoms with E-state index in [4.69, 9.17) is 0 Å². The highest BCUT2D eigenvalue weighted by molar-refractivity contribution is 7.81. The molecule has 29 heavy (non-hydrogen) atoms. The van der Waals surface area contributed by atoms with Crippen molar-refractivity contribution in [2.75, 3.05) is 50.4 Å². The summed E-state index contributed by atoms with van der Waals surface area (Å²) in [5, 5.41) is 10.4. The lowest BCUT2D eigenvalue weighted by Gasteiger charge is -2.38. The quantitative estimate of drug-likeness (QED) is 0.825. The first-order valence-electron chi connectivity index (χ1n) is 9.92. The van der Waals surface area contributed by atoms with Crippen molar-refractivity contribution >= 4 is 33.6 Å². The van der Waals surface area contributed by atoms with Crippen LogP contribution in [0.25, 0.3) is 11.0 Å². The molecule has 0 aromatic carbocycles. The van der Waals surface area contributed by atoms with E-state index in [-0.39, 0.29) is 11.3 Å². The number of amides is 1. The fraction of sp³-hybridized carbons (Fsp3) is 0.550. The Morgan fingerprint density at radius 2 is 1.93 bits per heavy atom. The molecular formula is C20H26N6O2S. The van der Waals surface area contributed by atoms with Crippen LogP contribution in [0.3, 0.4) is 0 Å². The zero-order valence-corrected chi connectivity index (χ0v) is 17.7. The number of aromatic amines is 1. The average Bonchev–Trinajstić information content (AvgIpc) is 3.22. The van der Waals surface area contributed by atoms with E-state index in [9.17, 15) is 14.3 Å². The summed E-state index contributed by atoms with van der Waals surface area (Å²) in [6, 6.07) is 4.40.